The molecule has 1 unspecified atom stereocenters. The van der Waals surface area contributed by atoms with E-state index in [9.17, 15) is 4.79 Å². The fourth-order valence-corrected chi connectivity index (χ4v) is 2.90. The maximum Gasteiger partial charge on any atom is 0.247 e. The largest absolute Gasteiger partial charge is 0.374 e. The number of aromatic nitrogens is 1. The molecule has 128 valence electrons. The maximum absolute atomic E-state index is 12.2. The van der Waals surface area contributed by atoms with Gasteiger partial charge < -0.3 is 20.1 Å². The Morgan fingerprint density at radius 3 is 2.54 bits per heavy atom. The van der Waals surface area contributed by atoms with Crippen molar-refractivity contribution in [1.82, 2.24) is 5.16 Å². The van der Waals surface area contributed by atoms with Gasteiger partial charge in [-0.3, -0.25) is 4.79 Å². The van der Waals surface area contributed by atoms with Gasteiger partial charge in [-0.1, -0.05) is 5.16 Å². The molecule has 0 saturated carbocycles. The van der Waals surface area contributed by atoms with Gasteiger partial charge in [0.2, 0.25) is 5.91 Å². The van der Waals surface area contributed by atoms with Crippen LogP contribution in [-0.2, 0) is 4.79 Å². The quantitative estimate of drug-likeness (QED) is 0.880. The molecule has 0 spiro atoms. The van der Waals surface area contributed by atoms with Crippen LogP contribution in [0.5, 0.6) is 0 Å². The molecule has 1 amide bonds. The summed E-state index contributed by atoms with van der Waals surface area (Å²) in [5.74, 6) is 0.953. The summed E-state index contributed by atoms with van der Waals surface area (Å²) in [6.07, 6.45) is 3.85. The monoisotopic (exact) mass is 328 g/mol. The second kappa shape index (κ2) is 7.38. The third-order valence-corrected chi connectivity index (χ3v) is 4.24. The van der Waals surface area contributed by atoms with E-state index in [2.05, 4.69) is 32.8 Å². The topological polar surface area (TPSA) is 70.4 Å². The van der Waals surface area contributed by atoms with Crippen LogP contribution in [0.3, 0.4) is 0 Å². The number of rotatable bonds is 5. The molecule has 6 nitrogen and oxygen atoms in total. The molecular formula is C18H24N4O2. The second-order valence-corrected chi connectivity index (χ2v) is 6.27. The number of nitrogens with one attached hydrogen (secondary N) is 2. The summed E-state index contributed by atoms with van der Waals surface area (Å²) in [4.78, 5) is 14.6. The van der Waals surface area contributed by atoms with E-state index in [1.54, 1.807) is 13.0 Å². The molecule has 1 saturated heterocycles. The number of anilines is 3. The fraction of sp³-hybridized carbons (Fsp3) is 0.444. The number of aryl methyl sites for hydroxylation is 1. The van der Waals surface area contributed by atoms with E-state index < -0.39 is 0 Å². The summed E-state index contributed by atoms with van der Waals surface area (Å²) in [5, 5.41) is 9.71. The molecule has 6 heteroatoms. The molecule has 1 fully saturated rings. The minimum absolute atomic E-state index is 0.150. The zero-order chi connectivity index (χ0) is 16.9. The third-order valence-electron chi connectivity index (χ3n) is 4.24. The zero-order valence-corrected chi connectivity index (χ0v) is 14.2. The number of benzene rings is 1. The molecule has 2 N–H and O–H groups in total. The number of nitrogens with zero attached hydrogens (tertiary/aromatic N) is 2. The van der Waals surface area contributed by atoms with Gasteiger partial charge >= 0.3 is 0 Å². The first-order valence-electron chi connectivity index (χ1n) is 8.47. The maximum atomic E-state index is 12.2. The lowest BCUT2D eigenvalue weighted by Gasteiger charge is -2.29. The van der Waals surface area contributed by atoms with Crippen LogP contribution in [-0.4, -0.2) is 30.2 Å². The minimum atomic E-state index is -0.372. The molecule has 3 rings (SSSR count). The minimum Gasteiger partial charge on any atom is -0.374 e. The number of hydrogen-bond acceptors (Lipinski definition) is 5. The summed E-state index contributed by atoms with van der Waals surface area (Å²) in [6.45, 7) is 5.86. The van der Waals surface area contributed by atoms with Crippen LogP contribution in [0.4, 0.5) is 17.2 Å². The van der Waals surface area contributed by atoms with E-state index in [0.717, 1.165) is 18.8 Å². The number of amides is 1. The Balaban J connectivity index is 1.55. The van der Waals surface area contributed by atoms with Crippen molar-refractivity contribution in [2.45, 2.75) is 39.2 Å². The first kappa shape index (κ1) is 16.4. The number of carbonyl (C=O) groups is 1. The van der Waals surface area contributed by atoms with Gasteiger partial charge in [-0.05, 0) is 57.4 Å². The lowest BCUT2D eigenvalue weighted by Crippen LogP contribution is -2.32. The summed E-state index contributed by atoms with van der Waals surface area (Å²) < 4.78 is 4.94. The molecule has 0 radical (unpaired) electrons. The van der Waals surface area contributed by atoms with Crippen LogP contribution in [0.25, 0.3) is 0 Å². The van der Waals surface area contributed by atoms with Gasteiger partial charge in [0.05, 0.1) is 0 Å². The van der Waals surface area contributed by atoms with E-state index >= 15 is 0 Å². The second-order valence-electron chi connectivity index (χ2n) is 6.27. The summed E-state index contributed by atoms with van der Waals surface area (Å²) in [6, 6.07) is 9.58. The third kappa shape index (κ3) is 4.07. The Kier molecular flexibility index (Phi) is 5.03. The lowest BCUT2D eigenvalue weighted by molar-refractivity contribution is -0.116. The van der Waals surface area contributed by atoms with Crippen molar-refractivity contribution in [1.29, 1.82) is 0 Å². The smallest absolute Gasteiger partial charge is 0.247 e. The van der Waals surface area contributed by atoms with Gasteiger partial charge in [-0.25, -0.2) is 0 Å². The molecule has 0 aliphatic carbocycles. The Morgan fingerprint density at radius 1 is 1.21 bits per heavy atom. The highest BCUT2D eigenvalue weighted by Gasteiger charge is 2.15. The number of carbonyl (C=O) groups excluding carboxylic acids is 1. The van der Waals surface area contributed by atoms with Crippen LogP contribution >= 0.6 is 0 Å². The highest BCUT2D eigenvalue weighted by Crippen LogP contribution is 2.22. The Hall–Kier alpha value is -2.50. The van der Waals surface area contributed by atoms with Crippen molar-refractivity contribution >= 4 is 23.1 Å². The molecule has 1 aliphatic heterocycles. The van der Waals surface area contributed by atoms with E-state index in [1.807, 2.05) is 19.1 Å². The fourth-order valence-electron chi connectivity index (χ4n) is 2.90. The lowest BCUT2D eigenvalue weighted by atomic mass is 10.1. The molecule has 1 aromatic heterocycles. The Labute approximate surface area is 142 Å². The van der Waals surface area contributed by atoms with Crippen LogP contribution < -0.4 is 15.5 Å². The van der Waals surface area contributed by atoms with Gasteiger partial charge in [-0.15, -0.1) is 0 Å². The Morgan fingerprint density at radius 2 is 1.92 bits per heavy atom. The molecule has 2 heterocycles. The molecule has 1 aromatic carbocycles. The summed E-state index contributed by atoms with van der Waals surface area (Å²) in [5.41, 5.74) is 2.17. The number of hydrogen-bond donors (Lipinski definition) is 2. The van der Waals surface area contributed by atoms with Crippen molar-refractivity contribution in [3.63, 3.8) is 0 Å². The molecule has 1 aliphatic rings. The van der Waals surface area contributed by atoms with Gasteiger partial charge in [0, 0.05) is 30.5 Å². The van der Waals surface area contributed by atoms with Crippen LogP contribution in [0.1, 0.15) is 31.9 Å². The predicted molar refractivity (Wildman–Crippen MR) is 95.5 cm³/mol. The zero-order valence-electron chi connectivity index (χ0n) is 14.2. The van der Waals surface area contributed by atoms with E-state index in [-0.39, 0.29) is 11.9 Å². The van der Waals surface area contributed by atoms with Crippen molar-refractivity contribution in [3.05, 3.63) is 36.1 Å². The van der Waals surface area contributed by atoms with E-state index in [0.29, 0.717) is 11.6 Å². The van der Waals surface area contributed by atoms with Crippen LogP contribution in [0, 0.1) is 6.92 Å². The average molecular weight is 328 g/mol. The predicted octanol–water partition coefficient (Wildman–Crippen LogP) is 3.41. The summed E-state index contributed by atoms with van der Waals surface area (Å²) in [7, 11) is 0. The SMILES string of the molecule is Cc1cc(NC(=O)C(C)Nc2ccc(N3CCCCC3)cc2)no1. The van der Waals surface area contributed by atoms with Crippen molar-refractivity contribution in [3.8, 4) is 0 Å². The van der Waals surface area contributed by atoms with Crippen LogP contribution in [0.15, 0.2) is 34.9 Å². The van der Waals surface area contributed by atoms with Gasteiger partial charge in [0.15, 0.2) is 5.82 Å². The summed E-state index contributed by atoms with van der Waals surface area (Å²) >= 11 is 0. The first-order valence-corrected chi connectivity index (χ1v) is 8.47. The molecule has 1 atom stereocenters. The van der Waals surface area contributed by atoms with Crippen LogP contribution in [0.2, 0.25) is 0 Å². The van der Waals surface area contributed by atoms with Gasteiger partial charge in [0.1, 0.15) is 11.8 Å². The standard InChI is InChI=1S/C18H24N4O2/c1-13-12-17(21-24-13)20-18(23)14(2)19-15-6-8-16(9-7-15)22-10-4-3-5-11-22/h6-9,12,14,19H,3-5,10-11H2,1-2H3,(H,20,21,23). The van der Waals surface area contributed by atoms with Crippen molar-refractivity contribution in [2.24, 2.45) is 0 Å². The highest BCUT2D eigenvalue weighted by atomic mass is 16.5. The molecular weight excluding hydrogens is 304 g/mol. The number of piperidine rings is 1. The van der Waals surface area contributed by atoms with E-state index in [1.165, 1.54) is 24.9 Å². The van der Waals surface area contributed by atoms with Gasteiger partial charge in [-0.2, -0.15) is 0 Å². The Bertz CT molecular complexity index is 675. The van der Waals surface area contributed by atoms with E-state index in [4.69, 9.17) is 4.52 Å². The van der Waals surface area contributed by atoms with Crippen molar-refractivity contribution in [2.75, 3.05) is 28.6 Å². The normalized spacial score (nSPS) is 15.8. The highest BCUT2D eigenvalue weighted by molar-refractivity contribution is 5.95. The van der Waals surface area contributed by atoms with Crippen molar-refractivity contribution < 1.29 is 9.32 Å². The molecule has 2 aromatic rings. The average Bonchev–Trinajstić information content (AvgIpc) is 3.01. The molecule has 24 heavy (non-hydrogen) atoms. The molecule has 0 bridgehead atoms. The first-order chi connectivity index (χ1) is 11.6. The van der Waals surface area contributed by atoms with Gasteiger partial charge in [0.25, 0.3) is 0 Å².